The van der Waals surface area contributed by atoms with E-state index in [0.29, 0.717) is 24.9 Å². The van der Waals surface area contributed by atoms with Crippen LogP contribution >= 0.6 is 0 Å². The van der Waals surface area contributed by atoms with Crippen molar-refractivity contribution in [2.75, 3.05) is 37.0 Å². The van der Waals surface area contributed by atoms with E-state index in [1.165, 1.54) is 13.0 Å². The van der Waals surface area contributed by atoms with Crippen molar-refractivity contribution in [3.8, 4) is 0 Å². The van der Waals surface area contributed by atoms with Gasteiger partial charge in [-0.3, -0.25) is 0 Å². The molecular weight excluding hydrogens is 313 g/mol. The summed E-state index contributed by atoms with van der Waals surface area (Å²) in [5.74, 6) is 0.0697. The number of anilines is 2. The van der Waals surface area contributed by atoms with E-state index in [1.54, 1.807) is 23.9 Å². The van der Waals surface area contributed by atoms with E-state index >= 15 is 0 Å². The molecule has 0 spiro atoms. The molecule has 0 aromatic carbocycles. The lowest BCUT2D eigenvalue weighted by molar-refractivity contribution is -0.145. The first-order valence-corrected chi connectivity index (χ1v) is 6.93. The first-order chi connectivity index (χ1) is 10.7. The number of halogens is 3. The van der Waals surface area contributed by atoms with Crippen LogP contribution in [0.15, 0.2) is 10.6 Å². The van der Waals surface area contributed by atoms with Crippen LogP contribution in [0.3, 0.4) is 0 Å². The van der Waals surface area contributed by atoms with Crippen LogP contribution in [0, 0.1) is 6.92 Å². The summed E-state index contributed by atoms with van der Waals surface area (Å²) < 4.78 is 43.5. The fourth-order valence-corrected chi connectivity index (χ4v) is 2.24. The second kappa shape index (κ2) is 5.36. The van der Waals surface area contributed by atoms with Gasteiger partial charge in [-0.05, 0) is 12.1 Å². The van der Waals surface area contributed by atoms with Crippen molar-refractivity contribution < 1.29 is 17.7 Å². The Morgan fingerprint density at radius 1 is 1.22 bits per heavy atom. The highest BCUT2D eigenvalue weighted by Gasteiger charge is 2.38. The van der Waals surface area contributed by atoms with Gasteiger partial charge in [-0.25, -0.2) is 9.97 Å². The van der Waals surface area contributed by atoms with Crippen LogP contribution in [-0.2, 0) is 6.18 Å². The maximum Gasteiger partial charge on any atom is 0.451 e. The third-order valence-electron chi connectivity index (χ3n) is 3.48. The van der Waals surface area contributed by atoms with Gasteiger partial charge in [-0.15, -0.1) is 0 Å². The number of rotatable bonds is 3. The first kappa shape index (κ1) is 15.5. The number of hydrogen-bond donors (Lipinski definition) is 0. The highest BCUT2D eigenvalue weighted by molar-refractivity contribution is 5.45. The van der Waals surface area contributed by atoms with Gasteiger partial charge in [0.1, 0.15) is 5.82 Å². The second-order valence-electron chi connectivity index (χ2n) is 5.62. The molecule has 3 rings (SSSR count). The Kier molecular flexibility index (Phi) is 3.61. The van der Waals surface area contributed by atoms with Gasteiger partial charge in [-0.2, -0.15) is 18.2 Å². The predicted molar refractivity (Wildman–Crippen MR) is 75.4 cm³/mol. The Morgan fingerprint density at radius 2 is 1.91 bits per heavy atom. The monoisotopic (exact) mass is 328 g/mol. The van der Waals surface area contributed by atoms with Gasteiger partial charge in [0.25, 0.3) is 5.95 Å². The maximum atomic E-state index is 12.8. The van der Waals surface area contributed by atoms with E-state index in [-0.39, 0.29) is 17.4 Å². The summed E-state index contributed by atoms with van der Waals surface area (Å²) in [6.45, 7) is 2.46. The summed E-state index contributed by atoms with van der Waals surface area (Å²) in [6, 6.07) is 1.53. The average molecular weight is 328 g/mol. The molecule has 23 heavy (non-hydrogen) atoms. The molecule has 2 aromatic rings. The molecule has 1 aliphatic rings. The molecule has 10 heteroatoms. The topological polar surface area (TPSA) is 71.2 Å². The average Bonchev–Trinajstić information content (AvgIpc) is 2.85. The quantitative estimate of drug-likeness (QED) is 0.851. The molecule has 0 saturated carbocycles. The normalized spacial score (nSPS) is 15.7. The zero-order valence-electron chi connectivity index (χ0n) is 12.8. The molecule has 0 amide bonds. The van der Waals surface area contributed by atoms with Gasteiger partial charge >= 0.3 is 6.18 Å². The van der Waals surface area contributed by atoms with E-state index in [9.17, 15) is 13.2 Å². The summed E-state index contributed by atoms with van der Waals surface area (Å²) in [7, 11) is 3.59. The Hall–Kier alpha value is -2.39. The zero-order chi connectivity index (χ0) is 16.8. The van der Waals surface area contributed by atoms with E-state index in [4.69, 9.17) is 4.52 Å². The molecule has 124 valence electrons. The molecule has 2 aromatic heterocycles. The van der Waals surface area contributed by atoms with E-state index in [1.807, 2.05) is 0 Å². The molecule has 0 atom stereocenters. The number of alkyl halides is 3. The fraction of sp³-hybridized carbons (Fsp3) is 0.538. The molecule has 0 bridgehead atoms. The summed E-state index contributed by atoms with van der Waals surface area (Å²) in [5.41, 5.74) is 0.276. The molecule has 0 unspecified atom stereocenters. The van der Waals surface area contributed by atoms with Crippen LogP contribution in [0.1, 0.15) is 23.3 Å². The van der Waals surface area contributed by atoms with E-state index < -0.39 is 12.0 Å². The van der Waals surface area contributed by atoms with Crippen LogP contribution in [0.2, 0.25) is 0 Å². The van der Waals surface area contributed by atoms with E-state index in [0.717, 1.165) is 0 Å². The van der Waals surface area contributed by atoms with Gasteiger partial charge in [-0.1, -0.05) is 0 Å². The second-order valence-corrected chi connectivity index (χ2v) is 5.62. The molecule has 7 nitrogen and oxygen atoms in total. The molecular formula is C13H15F3N6O. The molecule has 1 saturated heterocycles. The molecule has 0 radical (unpaired) electrons. The number of aryl methyl sites for hydroxylation is 1. The largest absolute Gasteiger partial charge is 0.451 e. The summed E-state index contributed by atoms with van der Waals surface area (Å²) >= 11 is 0. The van der Waals surface area contributed by atoms with Crippen molar-refractivity contribution in [2.45, 2.75) is 19.0 Å². The van der Waals surface area contributed by atoms with Gasteiger partial charge < -0.3 is 14.3 Å². The predicted octanol–water partition coefficient (Wildman–Crippen LogP) is 1.86. The highest BCUT2D eigenvalue weighted by atomic mass is 19.4. The Balaban J connectivity index is 1.72. The lowest BCUT2D eigenvalue weighted by Crippen LogP contribution is -2.46. The number of aromatic nitrogens is 4. The molecule has 1 aliphatic heterocycles. The minimum atomic E-state index is -4.56. The number of nitrogens with zero attached hydrogens (tertiary/aromatic N) is 6. The van der Waals surface area contributed by atoms with Crippen molar-refractivity contribution in [1.82, 2.24) is 20.1 Å². The van der Waals surface area contributed by atoms with Gasteiger partial charge in [0.05, 0.1) is 5.92 Å². The minimum absolute atomic E-state index is 0.0131. The van der Waals surface area contributed by atoms with Gasteiger partial charge in [0.15, 0.2) is 0 Å². The smallest absolute Gasteiger partial charge is 0.355 e. The summed E-state index contributed by atoms with van der Waals surface area (Å²) in [4.78, 5) is 14.7. The summed E-state index contributed by atoms with van der Waals surface area (Å²) in [5, 5.41) is 3.82. The molecule has 1 fully saturated rings. The Labute approximate surface area is 130 Å². The molecule has 3 heterocycles. The lowest BCUT2D eigenvalue weighted by Gasteiger charge is -2.38. The number of hydrogen-bond acceptors (Lipinski definition) is 7. The highest BCUT2D eigenvalue weighted by Crippen LogP contribution is 2.33. The lowest BCUT2D eigenvalue weighted by atomic mass is 10.0. The van der Waals surface area contributed by atoms with Crippen molar-refractivity contribution in [3.63, 3.8) is 0 Å². The Morgan fingerprint density at radius 3 is 2.48 bits per heavy atom. The standard InChI is InChI=1S/C13H15F3N6O/c1-7-4-9(18-11(17-7)13(14,15)16)22-5-8(6-22)10-19-12(20-23-10)21(2)3/h4,8H,5-6H2,1-3H3. The van der Waals surface area contributed by atoms with Crippen LogP contribution in [0.25, 0.3) is 0 Å². The summed E-state index contributed by atoms with van der Waals surface area (Å²) in [6.07, 6.45) is -4.56. The van der Waals surface area contributed by atoms with Gasteiger partial charge in [0.2, 0.25) is 11.7 Å². The van der Waals surface area contributed by atoms with Crippen LogP contribution in [0.5, 0.6) is 0 Å². The van der Waals surface area contributed by atoms with Crippen LogP contribution in [-0.4, -0.2) is 47.3 Å². The zero-order valence-corrected chi connectivity index (χ0v) is 12.8. The fourth-order valence-electron chi connectivity index (χ4n) is 2.24. The van der Waals surface area contributed by atoms with Crippen molar-refractivity contribution in [2.24, 2.45) is 0 Å². The third kappa shape index (κ3) is 3.06. The third-order valence-corrected chi connectivity index (χ3v) is 3.48. The van der Waals surface area contributed by atoms with Crippen molar-refractivity contribution in [1.29, 1.82) is 0 Å². The van der Waals surface area contributed by atoms with Crippen LogP contribution in [0.4, 0.5) is 24.9 Å². The first-order valence-electron chi connectivity index (χ1n) is 6.93. The van der Waals surface area contributed by atoms with Crippen molar-refractivity contribution in [3.05, 3.63) is 23.5 Å². The van der Waals surface area contributed by atoms with Crippen LogP contribution < -0.4 is 9.80 Å². The Bertz CT molecular complexity index is 708. The molecule has 0 N–H and O–H groups in total. The minimum Gasteiger partial charge on any atom is -0.355 e. The van der Waals surface area contributed by atoms with Gasteiger partial charge in [0, 0.05) is 38.9 Å². The molecule has 0 aliphatic carbocycles. The van der Waals surface area contributed by atoms with E-state index in [2.05, 4.69) is 20.1 Å². The maximum absolute atomic E-state index is 12.8. The van der Waals surface area contributed by atoms with Crippen molar-refractivity contribution >= 4 is 11.8 Å². The SMILES string of the molecule is Cc1cc(N2CC(c3nc(N(C)C)no3)C2)nc(C(F)(F)F)n1.